The number of rotatable bonds is 2. The summed E-state index contributed by atoms with van der Waals surface area (Å²) in [6.07, 6.45) is 1.69. The van der Waals surface area contributed by atoms with Crippen LogP contribution in [0.1, 0.15) is 18.4 Å². The molecule has 0 radical (unpaired) electrons. The van der Waals surface area contributed by atoms with Crippen LogP contribution in [0, 0.1) is 11.7 Å². The summed E-state index contributed by atoms with van der Waals surface area (Å²) in [6.45, 7) is 0. The summed E-state index contributed by atoms with van der Waals surface area (Å²) in [6, 6.07) is 5.05. The molecule has 0 saturated heterocycles. The fraction of sp³-hybridized carbons (Fsp3) is 0.417. The summed E-state index contributed by atoms with van der Waals surface area (Å²) >= 11 is 1.50. The molecular formula is C12H13FO2S. The number of carbonyl (C=O) groups is 1. The Morgan fingerprint density at radius 3 is 3.12 bits per heavy atom. The van der Waals surface area contributed by atoms with E-state index in [2.05, 4.69) is 0 Å². The van der Waals surface area contributed by atoms with Gasteiger partial charge in [-0.2, -0.15) is 0 Å². The quantitative estimate of drug-likeness (QED) is 0.863. The zero-order valence-corrected chi connectivity index (χ0v) is 9.60. The van der Waals surface area contributed by atoms with Crippen molar-refractivity contribution in [3.63, 3.8) is 0 Å². The highest BCUT2D eigenvalue weighted by atomic mass is 32.2. The maximum Gasteiger partial charge on any atom is 0.303 e. The van der Waals surface area contributed by atoms with Crippen molar-refractivity contribution in [1.29, 1.82) is 0 Å². The van der Waals surface area contributed by atoms with E-state index in [0.717, 1.165) is 17.7 Å². The number of halogens is 1. The van der Waals surface area contributed by atoms with Gasteiger partial charge in [0.2, 0.25) is 0 Å². The largest absolute Gasteiger partial charge is 0.481 e. The maximum absolute atomic E-state index is 13.5. The van der Waals surface area contributed by atoms with Crippen LogP contribution in [0.5, 0.6) is 0 Å². The van der Waals surface area contributed by atoms with Crippen LogP contribution in [-0.4, -0.2) is 16.8 Å². The van der Waals surface area contributed by atoms with Gasteiger partial charge in [0.1, 0.15) is 5.82 Å². The lowest BCUT2D eigenvalue weighted by atomic mass is 9.94. The molecule has 1 N–H and O–H groups in total. The van der Waals surface area contributed by atoms with Crippen LogP contribution in [0.3, 0.4) is 0 Å². The third-order valence-electron chi connectivity index (χ3n) is 2.79. The summed E-state index contributed by atoms with van der Waals surface area (Å²) in [5.74, 6) is -0.0207. The normalized spacial score (nSPS) is 19.9. The van der Waals surface area contributed by atoms with E-state index in [-0.39, 0.29) is 18.2 Å². The molecule has 86 valence electrons. The fourth-order valence-corrected chi connectivity index (χ4v) is 3.24. The molecule has 4 heteroatoms. The van der Waals surface area contributed by atoms with Gasteiger partial charge in [0.25, 0.3) is 0 Å². The van der Waals surface area contributed by atoms with Gasteiger partial charge in [0, 0.05) is 11.3 Å². The first-order chi connectivity index (χ1) is 7.66. The van der Waals surface area contributed by atoms with E-state index in [4.69, 9.17) is 5.11 Å². The Hall–Kier alpha value is -1.03. The zero-order valence-electron chi connectivity index (χ0n) is 8.78. The van der Waals surface area contributed by atoms with Crippen LogP contribution in [-0.2, 0) is 11.2 Å². The Morgan fingerprint density at radius 1 is 1.56 bits per heavy atom. The van der Waals surface area contributed by atoms with E-state index in [1.807, 2.05) is 6.07 Å². The van der Waals surface area contributed by atoms with E-state index in [1.54, 1.807) is 6.07 Å². The van der Waals surface area contributed by atoms with Crippen LogP contribution in [0.25, 0.3) is 0 Å². The summed E-state index contributed by atoms with van der Waals surface area (Å²) in [7, 11) is 0. The number of hydrogen-bond donors (Lipinski definition) is 1. The molecule has 2 nitrogen and oxygen atoms in total. The van der Waals surface area contributed by atoms with Gasteiger partial charge in [-0.25, -0.2) is 4.39 Å². The van der Waals surface area contributed by atoms with Gasteiger partial charge in [0.15, 0.2) is 0 Å². The number of carboxylic acids is 1. The lowest BCUT2D eigenvalue weighted by Gasteiger charge is -2.11. The monoisotopic (exact) mass is 240 g/mol. The van der Waals surface area contributed by atoms with Crippen LogP contribution >= 0.6 is 11.8 Å². The van der Waals surface area contributed by atoms with E-state index >= 15 is 0 Å². The number of thioether (sulfide) groups is 1. The van der Waals surface area contributed by atoms with Gasteiger partial charge in [0.05, 0.1) is 0 Å². The number of aliphatic carboxylic acids is 1. The van der Waals surface area contributed by atoms with Crippen molar-refractivity contribution in [3.05, 3.63) is 29.6 Å². The SMILES string of the molecule is O=C(O)CC1CCSc2c(F)cccc2C1. The Balaban J connectivity index is 2.21. The molecule has 0 amide bonds. The van der Waals surface area contributed by atoms with Crippen LogP contribution in [0.4, 0.5) is 4.39 Å². The molecule has 0 fully saturated rings. The molecule has 0 spiro atoms. The molecule has 1 aromatic carbocycles. The number of fused-ring (bicyclic) bond motifs is 1. The van der Waals surface area contributed by atoms with E-state index in [0.29, 0.717) is 11.3 Å². The highest BCUT2D eigenvalue weighted by molar-refractivity contribution is 7.99. The van der Waals surface area contributed by atoms with Gasteiger partial charge in [-0.15, -0.1) is 11.8 Å². The summed E-state index contributed by atoms with van der Waals surface area (Å²) in [5.41, 5.74) is 0.953. The maximum atomic E-state index is 13.5. The highest BCUT2D eigenvalue weighted by Crippen LogP contribution is 2.34. The third kappa shape index (κ3) is 2.55. The Kier molecular flexibility index (Phi) is 3.49. The van der Waals surface area contributed by atoms with E-state index < -0.39 is 5.97 Å². The second-order valence-electron chi connectivity index (χ2n) is 4.03. The standard InChI is InChI=1S/C12H13FO2S/c13-10-3-1-2-9-6-8(7-11(14)15)4-5-16-12(9)10/h1-3,8H,4-7H2,(H,14,15). The first-order valence-corrected chi connectivity index (χ1v) is 6.27. The average Bonchev–Trinajstić information content (AvgIpc) is 2.39. The third-order valence-corrected chi connectivity index (χ3v) is 3.98. The number of carboxylic acid groups (broad SMARTS) is 1. The lowest BCUT2D eigenvalue weighted by molar-refractivity contribution is -0.138. The molecule has 1 aliphatic rings. The van der Waals surface area contributed by atoms with Crippen molar-refractivity contribution >= 4 is 17.7 Å². The lowest BCUT2D eigenvalue weighted by Crippen LogP contribution is -2.10. The van der Waals surface area contributed by atoms with Gasteiger partial charge >= 0.3 is 5.97 Å². The molecule has 0 saturated carbocycles. The Labute approximate surface area is 97.9 Å². The van der Waals surface area contributed by atoms with Gasteiger partial charge in [-0.1, -0.05) is 12.1 Å². The number of hydrogen-bond acceptors (Lipinski definition) is 2. The summed E-state index contributed by atoms with van der Waals surface area (Å²) in [4.78, 5) is 11.4. The van der Waals surface area contributed by atoms with Crippen LogP contribution in [0.2, 0.25) is 0 Å². The summed E-state index contributed by atoms with van der Waals surface area (Å²) in [5, 5.41) is 8.78. The molecule has 0 bridgehead atoms. The molecule has 2 rings (SSSR count). The van der Waals surface area contributed by atoms with Crippen molar-refractivity contribution in [2.24, 2.45) is 5.92 Å². The second kappa shape index (κ2) is 4.87. The van der Waals surface area contributed by atoms with Gasteiger partial charge < -0.3 is 5.11 Å². The molecule has 1 unspecified atom stereocenters. The molecular weight excluding hydrogens is 227 g/mol. The van der Waals surface area contributed by atoms with E-state index in [9.17, 15) is 9.18 Å². The van der Waals surface area contributed by atoms with E-state index in [1.165, 1.54) is 17.8 Å². The minimum absolute atomic E-state index is 0.132. The first kappa shape index (κ1) is 11.5. The fourth-order valence-electron chi connectivity index (χ4n) is 2.04. The molecule has 0 aromatic heterocycles. The first-order valence-electron chi connectivity index (χ1n) is 5.29. The number of benzene rings is 1. The van der Waals surface area contributed by atoms with Crippen molar-refractivity contribution in [2.45, 2.75) is 24.2 Å². The average molecular weight is 240 g/mol. The predicted molar refractivity (Wildman–Crippen MR) is 61.2 cm³/mol. The van der Waals surface area contributed by atoms with Gasteiger partial charge in [-0.05, 0) is 36.1 Å². The topological polar surface area (TPSA) is 37.3 Å². The van der Waals surface area contributed by atoms with Crippen LogP contribution in [0.15, 0.2) is 23.1 Å². The van der Waals surface area contributed by atoms with Gasteiger partial charge in [-0.3, -0.25) is 4.79 Å². The molecule has 0 aliphatic carbocycles. The predicted octanol–water partition coefficient (Wildman–Crippen LogP) is 2.95. The molecule has 1 heterocycles. The smallest absolute Gasteiger partial charge is 0.303 e. The van der Waals surface area contributed by atoms with Crippen LogP contribution < -0.4 is 0 Å². The minimum Gasteiger partial charge on any atom is -0.481 e. The Bertz CT molecular complexity index is 406. The van der Waals surface area contributed by atoms with Crippen molar-refractivity contribution < 1.29 is 14.3 Å². The zero-order chi connectivity index (χ0) is 11.5. The molecule has 16 heavy (non-hydrogen) atoms. The van der Waals surface area contributed by atoms with Crippen molar-refractivity contribution in [1.82, 2.24) is 0 Å². The highest BCUT2D eigenvalue weighted by Gasteiger charge is 2.21. The molecule has 1 atom stereocenters. The summed E-state index contributed by atoms with van der Waals surface area (Å²) < 4.78 is 13.5. The van der Waals surface area contributed by atoms with Crippen molar-refractivity contribution in [2.75, 3.05) is 5.75 Å². The van der Waals surface area contributed by atoms with Crippen molar-refractivity contribution in [3.8, 4) is 0 Å². The molecule has 1 aliphatic heterocycles. The minimum atomic E-state index is -0.769. The second-order valence-corrected chi connectivity index (χ2v) is 5.14. The molecule has 1 aromatic rings. The Morgan fingerprint density at radius 2 is 2.38 bits per heavy atom.